The minimum absolute atomic E-state index is 0.236. The molecule has 0 fully saturated rings. The molecule has 0 amide bonds. The lowest BCUT2D eigenvalue weighted by Gasteiger charge is -1.98. The number of aromatic nitrogens is 3. The maximum Gasteiger partial charge on any atom is 0.126 e. The van der Waals surface area contributed by atoms with E-state index in [0.717, 1.165) is 49.3 Å². The van der Waals surface area contributed by atoms with E-state index < -0.39 is 0 Å². The number of benzene rings is 2. The van der Waals surface area contributed by atoms with Crippen molar-refractivity contribution >= 4 is 33.1 Å². The van der Waals surface area contributed by atoms with Crippen LogP contribution >= 0.6 is 11.3 Å². The molecule has 0 saturated carbocycles. The summed E-state index contributed by atoms with van der Waals surface area (Å²) in [4.78, 5) is 11.4. The third kappa shape index (κ3) is 2.92. The first-order valence-electron chi connectivity index (χ1n) is 9.18. The number of hydrogen-bond donors (Lipinski definition) is 4. The largest absolute Gasteiger partial charge is 0.508 e. The van der Waals surface area contributed by atoms with Crippen LogP contribution < -0.4 is 0 Å². The van der Waals surface area contributed by atoms with Crippen LogP contribution in [0.1, 0.15) is 19.5 Å². The van der Waals surface area contributed by atoms with Crippen molar-refractivity contribution in [2.45, 2.75) is 20.8 Å². The standard InChI is InChI=1S/C20H15N3O2S.C2H6/c1-10-19(14-6-11(24)3-5-16(14)22-10)18-9-26-20(23-18)15-8-21-17-7-12(25)2-4-13(15)17;1-2/h2-9,21-22,24-25H,1H3;1-2H3. The maximum absolute atomic E-state index is 9.85. The number of nitrogens with zero attached hydrogens (tertiary/aromatic N) is 1. The van der Waals surface area contributed by atoms with Gasteiger partial charge in [0.1, 0.15) is 16.5 Å². The Kier molecular flexibility index (Phi) is 4.57. The van der Waals surface area contributed by atoms with Crippen molar-refractivity contribution in [3.8, 4) is 33.3 Å². The van der Waals surface area contributed by atoms with Crippen molar-refractivity contribution in [3.63, 3.8) is 0 Å². The summed E-state index contributed by atoms with van der Waals surface area (Å²) in [6.45, 7) is 6.01. The molecule has 2 aromatic carbocycles. The zero-order valence-corrected chi connectivity index (χ0v) is 16.7. The average molecular weight is 391 g/mol. The molecule has 0 bridgehead atoms. The van der Waals surface area contributed by atoms with Crippen LogP contribution in [0.5, 0.6) is 11.5 Å². The summed E-state index contributed by atoms with van der Waals surface area (Å²) in [5, 5.41) is 24.4. The van der Waals surface area contributed by atoms with Crippen molar-refractivity contribution in [1.82, 2.24) is 15.0 Å². The van der Waals surface area contributed by atoms with Crippen LogP contribution in [0.25, 0.3) is 43.6 Å². The number of rotatable bonds is 2. The smallest absolute Gasteiger partial charge is 0.126 e. The van der Waals surface area contributed by atoms with Crippen LogP contribution in [0.15, 0.2) is 48.0 Å². The highest BCUT2D eigenvalue weighted by Gasteiger charge is 2.16. The van der Waals surface area contributed by atoms with Gasteiger partial charge in [0.05, 0.1) is 5.69 Å². The van der Waals surface area contributed by atoms with Crippen LogP contribution in [0.3, 0.4) is 0 Å². The lowest BCUT2D eigenvalue weighted by molar-refractivity contribution is 0.475. The summed E-state index contributed by atoms with van der Waals surface area (Å²) in [7, 11) is 0. The number of nitrogens with one attached hydrogen (secondary N) is 2. The Morgan fingerprint density at radius 3 is 2.50 bits per heavy atom. The molecule has 4 N–H and O–H groups in total. The highest BCUT2D eigenvalue weighted by Crippen LogP contribution is 2.38. The Bertz CT molecular complexity index is 1280. The van der Waals surface area contributed by atoms with E-state index in [4.69, 9.17) is 4.98 Å². The minimum Gasteiger partial charge on any atom is -0.508 e. The molecule has 6 heteroatoms. The van der Waals surface area contributed by atoms with E-state index >= 15 is 0 Å². The normalized spacial score (nSPS) is 11.0. The third-order valence-corrected chi connectivity index (χ3v) is 5.50. The van der Waals surface area contributed by atoms with Gasteiger partial charge in [-0.05, 0) is 37.3 Å². The van der Waals surface area contributed by atoms with Crippen LogP contribution in [0, 0.1) is 6.92 Å². The number of H-pyrrole nitrogens is 2. The second-order valence-electron chi connectivity index (χ2n) is 6.33. The molecule has 3 aromatic heterocycles. The third-order valence-electron chi connectivity index (χ3n) is 4.63. The molecule has 5 nitrogen and oxygen atoms in total. The van der Waals surface area contributed by atoms with Crippen molar-refractivity contribution in [2.75, 3.05) is 0 Å². The molecule has 0 atom stereocenters. The first kappa shape index (κ1) is 18.1. The molecule has 0 aliphatic carbocycles. The Balaban J connectivity index is 0.000000932. The van der Waals surface area contributed by atoms with E-state index in [1.807, 2.05) is 44.5 Å². The molecule has 3 heterocycles. The lowest BCUT2D eigenvalue weighted by atomic mass is 10.1. The molecule has 0 unspecified atom stereocenters. The van der Waals surface area contributed by atoms with E-state index in [0.29, 0.717) is 0 Å². The number of fused-ring (bicyclic) bond motifs is 2. The van der Waals surface area contributed by atoms with Crippen LogP contribution in [-0.2, 0) is 0 Å². The van der Waals surface area contributed by atoms with E-state index in [1.54, 1.807) is 35.6 Å². The molecule has 0 spiro atoms. The predicted molar refractivity (Wildman–Crippen MR) is 116 cm³/mol. The second kappa shape index (κ2) is 7.05. The minimum atomic E-state index is 0.236. The Labute approximate surface area is 166 Å². The summed E-state index contributed by atoms with van der Waals surface area (Å²) in [5.74, 6) is 0.476. The van der Waals surface area contributed by atoms with Gasteiger partial charge >= 0.3 is 0 Å². The average Bonchev–Trinajstić information content (AvgIpc) is 3.39. The molecule has 0 aliphatic rings. The summed E-state index contributed by atoms with van der Waals surface area (Å²) in [5.41, 5.74) is 5.78. The molecule has 0 saturated heterocycles. The zero-order chi connectivity index (χ0) is 19.8. The fourth-order valence-electron chi connectivity index (χ4n) is 3.45. The Hall–Kier alpha value is -3.25. The molecular formula is C22H21N3O2S. The highest BCUT2D eigenvalue weighted by atomic mass is 32.1. The van der Waals surface area contributed by atoms with Gasteiger partial charge in [0.25, 0.3) is 0 Å². The van der Waals surface area contributed by atoms with Gasteiger partial charge in [-0.3, -0.25) is 0 Å². The van der Waals surface area contributed by atoms with Gasteiger partial charge in [-0.25, -0.2) is 4.98 Å². The van der Waals surface area contributed by atoms with Gasteiger partial charge in [-0.1, -0.05) is 13.8 Å². The van der Waals surface area contributed by atoms with E-state index in [9.17, 15) is 10.2 Å². The molecule has 5 aromatic rings. The summed E-state index contributed by atoms with van der Waals surface area (Å²) < 4.78 is 0. The first-order chi connectivity index (χ1) is 13.6. The Morgan fingerprint density at radius 1 is 0.929 bits per heavy atom. The van der Waals surface area contributed by atoms with E-state index in [1.165, 1.54) is 0 Å². The first-order valence-corrected chi connectivity index (χ1v) is 10.1. The van der Waals surface area contributed by atoms with Gasteiger partial charge in [-0.2, -0.15) is 0 Å². The number of aromatic hydroxyl groups is 2. The topological polar surface area (TPSA) is 84.9 Å². The molecule has 0 radical (unpaired) electrons. The van der Waals surface area contributed by atoms with Crippen molar-refractivity contribution in [3.05, 3.63) is 53.7 Å². The SMILES string of the molecule is CC.Cc1[nH]c2ccc(O)cc2c1-c1csc(-c2c[nH]c3cc(O)ccc23)n1. The molecular weight excluding hydrogens is 370 g/mol. The van der Waals surface area contributed by atoms with Crippen LogP contribution in [0.2, 0.25) is 0 Å². The molecule has 0 aliphatic heterocycles. The summed E-state index contributed by atoms with van der Waals surface area (Å²) in [6, 6.07) is 10.6. The zero-order valence-electron chi connectivity index (χ0n) is 15.9. The fraction of sp³-hybridized carbons (Fsp3) is 0.136. The van der Waals surface area contributed by atoms with Gasteiger partial charge < -0.3 is 20.2 Å². The number of aryl methyl sites for hydroxylation is 1. The molecule has 142 valence electrons. The van der Waals surface area contributed by atoms with E-state index in [2.05, 4.69) is 9.97 Å². The van der Waals surface area contributed by atoms with Crippen LogP contribution in [-0.4, -0.2) is 25.2 Å². The van der Waals surface area contributed by atoms with E-state index in [-0.39, 0.29) is 11.5 Å². The summed E-state index contributed by atoms with van der Waals surface area (Å²) in [6.07, 6.45) is 1.92. The van der Waals surface area contributed by atoms with Gasteiger partial charge in [-0.15, -0.1) is 11.3 Å². The number of hydrogen-bond acceptors (Lipinski definition) is 4. The van der Waals surface area contributed by atoms with Crippen molar-refractivity contribution < 1.29 is 10.2 Å². The number of phenols is 2. The molecule has 28 heavy (non-hydrogen) atoms. The number of thiazole rings is 1. The quantitative estimate of drug-likeness (QED) is 0.290. The van der Waals surface area contributed by atoms with Gasteiger partial charge in [0, 0.05) is 56.3 Å². The summed E-state index contributed by atoms with van der Waals surface area (Å²) >= 11 is 1.58. The van der Waals surface area contributed by atoms with Crippen molar-refractivity contribution in [1.29, 1.82) is 0 Å². The molecule has 5 rings (SSSR count). The number of aromatic amines is 2. The van der Waals surface area contributed by atoms with Crippen molar-refractivity contribution in [2.24, 2.45) is 0 Å². The lowest BCUT2D eigenvalue weighted by Crippen LogP contribution is -1.81. The monoisotopic (exact) mass is 391 g/mol. The Morgan fingerprint density at radius 2 is 1.68 bits per heavy atom. The van der Waals surface area contributed by atoms with Gasteiger partial charge in [0.15, 0.2) is 0 Å². The van der Waals surface area contributed by atoms with Gasteiger partial charge in [0.2, 0.25) is 0 Å². The highest BCUT2D eigenvalue weighted by molar-refractivity contribution is 7.13. The maximum atomic E-state index is 9.85. The predicted octanol–water partition coefficient (Wildman–Crippen LogP) is 6.19. The fourth-order valence-corrected chi connectivity index (χ4v) is 4.29. The second-order valence-corrected chi connectivity index (χ2v) is 7.18. The van der Waals surface area contributed by atoms with Crippen LogP contribution in [0.4, 0.5) is 0 Å². The number of phenolic OH excluding ortho intramolecular Hbond substituents is 2.